The molecule has 0 aromatic heterocycles. The fourth-order valence-corrected chi connectivity index (χ4v) is 0.756. The third kappa shape index (κ3) is 7.10. The van der Waals surface area contributed by atoms with Crippen molar-refractivity contribution in [2.75, 3.05) is 6.54 Å². The standard InChI is InChI=1S/C9H15NO2/c1-3-4-7-10-8(2)5-6-9(11)12/h8,10H,5-7H2,1-2H3,(H,11,12). The average molecular weight is 169 g/mol. The van der Waals surface area contributed by atoms with Gasteiger partial charge in [-0.1, -0.05) is 5.92 Å². The molecule has 0 aromatic carbocycles. The van der Waals surface area contributed by atoms with Crippen molar-refractivity contribution in [2.24, 2.45) is 0 Å². The molecule has 68 valence electrons. The van der Waals surface area contributed by atoms with Gasteiger partial charge in [-0.05, 0) is 20.3 Å². The minimum absolute atomic E-state index is 0.216. The van der Waals surface area contributed by atoms with Crippen LogP contribution in [0.15, 0.2) is 0 Å². The van der Waals surface area contributed by atoms with Crippen LogP contribution >= 0.6 is 0 Å². The summed E-state index contributed by atoms with van der Waals surface area (Å²) in [5.74, 6) is 4.87. The molecule has 0 radical (unpaired) electrons. The first-order chi connectivity index (χ1) is 5.66. The highest BCUT2D eigenvalue weighted by Crippen LogP contribution is 1.94. The summed E-state index contributed by atoms with van der Waals surface area (Å²) in [4.78, 5) is 10.2. The van der Waals surface area contributed by atoms with E-state index in [4.69, 9.17) is 5.11 Å². The summed E-state index contributed by atoms with van der Waals surface area (Å²) in [6.45, 7) is 4.38. The van der Waals surface area contributed by atoms with Crippen molar-refractivity contribution in [3.8, 4) is 11.8 Å². The van der Waals surface area contributed by atoms with Gasteiger partial charge in [0, 0.05) is 12.5 Å². The minimum Gasteiger partial charge on any atom is -0.481 e. The molecule has 0 aromatic rings. The molecule has 0 saturated carbocycles. The van der Waals surface area contributed by atoms with E-state index in [2.05, 4.69) is 17.2 Å². The number of hydrogen-bond acceptors (Lipinski definition) is 2. The number of hydrogen-bond donors (Lipinski definition) is 2. The summed E-state index contributed by atoms with van der Waals surface area (Å²) in [6.07, 6.45) is 0.869. The lowest BCUT2D eigenvalue weighted by molar-refractivity contribution is -0.137. The number of carbonyl (C=O) groups is 1. The van der Waals surface area contributed by atoms with Crippen LogP contribution in [0.1, 0.15) is 26.7 Å². The molecule has 0 aliphatic carbocycles. The zero-order chi connectivity index (χ0) is 9.40. The van der Waals surface area contributed by atoms with Gasteiger partial charge in [0.2, 0.25) is 0 Å². The van der Waals surface area contributed by atoms with Crippen molar-refractivity contribution in [1.29, 1.82) is 0 Å². The maximum absolute atomic E-state index is 10.2. The lowest BCUT2D eigenvalue weighted by Crippen LogP contribution is -2.26. The summed E-state index contributed by atoms with van der Waals surface area (Å²) in [5, 5.41) is 11.5. The summed E-state index contributed by atoms with van der Waals surface area (Å²) in [6, 6.07) is 0.224. The van der Waals surface area contributed by atoms with Gasteiger partial charge in [0.25, 0.3) is 0 Å². The van der Waals surface area contributed by atoms with Crippen molar-refractivity contribution >= 4 is 5.97 Å². The zero-order valence-corrected chi connectivity index (χ0v) is 7.55. The average Bonchev–Trinajstić information content (AvgIpc) is 2.01. The van der Waals surface area contributed by atoms with Crippen molar-refractivity contribution in [3.05, 3.63) is 0 Å². The van der Waals surface area contributed by atoms with E-state index in [1.54, 1.807) is 6.92 Å². The Balaban J connectivity index is 3.37. The molecule has 0 amide bonds. The first-order valence-corrected chi connectivity index (χ1v) is 4.01. The Hall–Kier alpha value is -1.01. The summed E-state index contributed by atoms with van der Waals surface area (Å²) >= 11 is 0. The highest BCUT2D eigenvalue weighted by atomic mass is 16.4. The molecule has 1 atom stereocenters. The van der Waals surface area contributed by atoms with Crippen LogP contribution in [0.5, 0.6) is 0 Å². The van der Waals surface area contributed by atoms with Gasteiger partial charge in [-0.2, -0.15) is 0 Å². The Bertz CT molecular complexity index is 190. The first-order valence-electron chi connectivity index (χ1n) is 4.01. The second kappa shape index (κ2) is 6.68. The molecule has 0 rings (SSSR count). The van der Waals surface area contributed by atoms with Crippen LogP contribution in [0, 0.1) is 11.8 Å². The lowest BCUT2D eigenvalue weighted by atomic mass is 10.2. The van der Waals surface area contributed by atoms with Gasteiger partial charge >= 0.3 is 5.97 Å². The zero-order valence-electron chi connectivity index (χ0n) is 7.55. The maximum atomic E-state index is 10.2. The van der Waals surface area contributed by atoms with Gasteiger partial charge in [-0.25, -0.2) is 0 Å². The van der Waals surface area contributed by atoms with Crippen LogP contribution in [-0.4, -0.2) is 23.7 Å². The molecule has 1 unspecified atom stereocenters. The van der Waals surface area contributed by atoms with Gasteiger partial charge in [0.15, 0.2) is 0 Å². The Morgan fingerprint density at radius 1 is 1.67 bits per heavy atom. The number of carboxylic acids is 1. The van der Waals surface area contributed by atoms with Gasteiger partial charge in [0.05, 0.1) is 6.54 Å². The van der Waals surface area contributed by atoms with Gasteiger partial charge < -0.3 is 10.4 Å². The maximum Gasteiger partial charge on any atom is 0.303 e. The van der Waals surface area contributed by atoms with Crippen LogP contribution in [0.3, 0.4) is 0 Å². The van der Waals surface area contributed by atoms with Crippen LogP contribution < -0.4 is 5.32 Å². The van der Waals surface area contributed by atoms with Gasteiger partial charge in [-0.3, -0.25) is 4.79 Å². The van der Waals surface area contributed by atoms with Crippen molar-refractivity contribution < 1.29 is 9.90 Å². The SMILES string of the molecule is CC#CCNC(C)CCC(=O)O. The normalized spacial score (nSPS) is 11.5. The van der Waals surface area contributed by atoms with E-state index in [1.807, 2.05) is 6.92 Å². The number of nitrogens with one attached hydrogen (secondary N) is 1. The van der Waals surface area contributed by atoms with E-state index in [0.717, 1.165) is 0 Å². The monoisotopic (exact) mass is 169 g/mol. The van der Waals surface area contributed by atoms with Gasteiger partial charge in [-0.15, -0.1) is 5.92 Å². The highest BCUT2D eigenvalue weighted by Gasteiger charge is 2.02. The van der Waals surface area contributed by atoms with E-state index >= 15 is 0 Å². The van der Waals surface area contributed by atoms with E-state index in [-0.39, 0.29) is 12.5 Å². The largest absolute Gasteiger partial charge is 0.481 e. The molecule has 0 heterocycles. The minimum atomic E-state index is -0.745. The molecule has 3 heteroatoms. The molecule has 0 spiro atoms. The number of rotatable bonds is 5. The van der Waals surface area contributed by atoms with E-state index in [1.165, 1.54) is 0 Å². The van der Waals surface area contributed by atoms with Crippen molar-refractivity contribution in [2.45, 2.75) is 32.7 Å². The first kappa shape index (κ1) is 11.0. The molecule has 0 aliphatic heterocycles. The van der Waals surface area contributed by atoms with Crippen molar-refractivity contribution in [1.82, 2.24) is 5.32 Å². The van der Waals surface area contributed by atoms with Crippen LogP contribution in [0.25, 0.3) is 0 Å². The molecule has 2 N–H and O–H groups in total. The molecule has 0 bridgehead atoms. The lowest BCUT2D eigenvalue weighted by Gasteiger charge is -2.08. The third-order valence-electron chi connectivity index (χ3n) is 1.51. The third-order valence-corrected chi connectivity index (χ3v) is 1.51. The van der Waals surface area contributed by atoms with E-state index in [9.17, 15) is 4.79 Å². The molecular weight excluding hydrogens is 154 g/mol. The second-order valence-corrected chi connectivity index (χ2v) is 2.64. The quantitative estimate of drug-likeness (QED) is 0.600. The fraction of sp³-hybridized carbons (Fsp3) is 0.667. The van der Waals surface area contributed by atoms with Crippen LogP contribution in [-0.2, 0) is 4.79 Å². The molecule has 12 heavy (non-hydrogen) atoms. The molecule has 0 saturated heterocycles. The van der Waals surface area contributed by atoms with Crippen LogP contribution in [0.4, 0.5) is 0 Å². The smallest absolute Gasteiger partial charge is 0.303 e. The fourth-order valence-electron chi connectivity index (χ4n) is 0.756. The molecular formula is C9H15NO2. The van der Waals surface area contributed by atoms with Crippen molar-refractivity contribution in [3.63, 3.8) is 0 Å². The summed E-state index contributed by atoms with van der Waals surface area (Å²) < 4.78 is 0. The highest BCUT2D eigenvalue weighted by molar-refractivity contribution is 5.66. The molecule has 3 nitrogen and oxygen atoms in total. The number of aliphatic carboxylic acids is 1. The van der Waals surface area contributed by atoms with E-state index < -0.39 is 5.97 Å². The molecule has 0 aliphatic rings. The topological polar surface area (TPSA) is 49.3 Å². The Morgan fingerprint density at radius 2 is 2.33 bits per heavy atom. The Kier molecular flexibility index (Phi) is 6.12. The summed E-state index contributed by atoms with van der Waals surface area (Å²) in [5.41, 5.74) is 0. The predicted octanol–water partition coefficient (Wildman–Crippen LogP) is 0.853. The predicted molar refractivity (Wildman–Crippen MR) is 47.8 cm³/mol. The molecule has 0 fully saturated rings. The van der Waals surface area contributed by atoms with Gasteiger partial charge in [0.1, 0.15) is 0 Å². The van der Waals surface area contributed by atoms with Crippen LogP contribution in [0.2, 0.25) is 0 Å². The van der Waals surface area contributed by atoms with E-state index in [0.29, 0.717) is 13.0 Å². The number of carboxylic acid groups (broad SMARTS) is 1. The second-order valence-electron chi connectivity index (χ2n) is 2.64. The Labute approximate surface area is 73.2 Å². The Morgan fingerprint density at radius 3 is 2.83 bits per heavy atom. The summed E-state index contributed by atoms with van der Waals surface area (Å²) in [7, 11) is 0.